The predicted molar refractivity (Wildman–Crippen MR) is 178 cm³/mol. The number of amides is 2. The lowest BCUT2D eigenvalue weighted by molar-refractivity contribution is -0.183. The summed E-state index contributed by atoms with van der Waals surface area (Å²) in [6.45, 7) is 11.0. The van der Waals surface area contributed by atoms with E-state index in [0.717, 1.165) is 5.56 Å². The number of hydrogen-bond donors (Lipinski definition) is 4. The molecule has 50 heavy (non-hydrogen) atoms. The molecule has 0 bridgehead atoms. The summed E-state index contributed by atoms with van der Waals surface area (Å²) < 4.78 is 22.4. The predicted octanol–water partition coefficient (Wildman–Crippen LogP) is 3.07. The van der Waals surface area contributed by atoms with Gasteiger partial charge in [-0.25, -0.2) is 14.4 Å². The van der Waals surface area contributed by atoms with E-state index in [2.05, 4.69) is 10.6 Å². The van der Waals surface area contributed by atoms with Gasteiger partial charge in [0, 0.05) is 12.3 Å². The van der Waals surface area contributed by atoms with Crippen LogP contribution in [0.4, 0.5) is 5.69 Å². The Labute approximate surface area is 290 Å². The van der Waals surface area contributed by atoms with Crippen LogP contribution in [0.1, 0.15) is 70.8 Å². The zero-order chi connectivity index (χ0) is 37.3. The number of aliphatic hydroxyl groups excluding tert-OH is 1. The molecule has 7 atom stereocenters. The van der Waals surface area contributed by atoms with Crippen molar-refractivity contribution in [2.24, 2.45) is 17.3 Å². The number of phenolic OH excluding ortho intramolecular Hbond substituents is 1. The molecule has 0 spiro atoms. The van der Waals surface area contributed by atoms with Gasteiger partial charge in [-0.05, 0) is 44.4 Å². The van der Waals surface area contributed by atoms with E-state index in [0.29, 0.717) is 12.8 Å². The number of nitrogens with one attached hydrogen (secondary N) is 2. The Balaban J connectivity index is 1.89. The molecule has 0 saturated carbocycles. The number of cyclic esters (lactones) is 1. The first-order chi connectivity index (χ1) is 23.5. The van der Waals surface area contributed by atoms with Crippen molar-refractivity contribution < 1.29 is 57.9 Å². The molecule has 0 unspecified atom stereocenters. The number of rotatable bonds is 16. The minimum atomic E-state index is -1.76. The summed E-state index contributed by atoms with van der Waals surface area (Å²) in [5.74, 6) is -6.58. The highest BCUT2D eigenvalue weighted by Gasteiger charge is 2.54. The number of carbonyl (C=O) groups excluding carboxylic acids is 6. The van der Waals surface area contributed by atoms with Gasteiger partial charge in [-0.2, -0.15) is 0 Å². The van der Waals surface area contributed by atoms with Crippen molar-refractivity contribution >= 4 is 41.9 Å². The first-order valence-electron chi connectivity index (χ1n) is 16.4. The SMILES string of the molecule is CC[C@H](C)[C@H](O)C(=O)O[C@H](C)[C@H](NC(=O)c1cccc(NC=O)c1O)C(=O)O[C@H](C(=O)O[C@@H]1[C@H](Cc2ccccc2)OC(=O)C1(C)C)C(C)C. The summed E-state index contributed by atoms with van der Waals surface area (Å²) in [7, 11) is 0. The van der Waals surface area contributed by atoms with Gasteiger partial charge in [-0.15, -0.1) is 0 Å². The van der Waals surface area contributed by atoms with Gasteiger partial charge < -0.3 is 39.8 Å². The Bertz CT molecular complexity index is 1540. The monoisotopic (exact) mass is 698 g/mol. The molecule has 2 aromatic carbocycles. The molecule has 14 nitrogen and oxygen atoms in total. The van der Waals surface area contributed by atoms with Crippen molar-refractivity contribution in [2.45, 2.75) is 97.9 Å². The minimum absolute atomic E-state index is 0.0894. The van der Waals surface area contributed by atoms with Crippen LogP contribution in [0, 0.1) is 17.3 Å². The average molecular weight is 699 g/mol. The van der Waals surface area contributed by atoms with E-state index in [1.165, 1.54) is 25.1 Å². The lowest BCUT2D eigenvalue weighted by atomic mass is 9.84. The maximum Gasteiger partial charge on any atom is 0.348 e. The Morgan fingerprint density at radius 2 is 1.62 bits per heavy atom. The van der Waals surface area contributed by atoms with Gasteiger partial charge in [0.05, 0.1) is 11.3 Å². The van der Waals surface area contributed by atoms with Crippen LogP contribution in [0.15, 0.2) is 48.5 Å². The van der Waals surface area contributed by atoms with Crippen molar-refractivity contribution in [3.63, 3.8) is 0 Å². The number of para-hydroxylation sites is 1. The third-order valence-electron chi connectivity index (χ3n) is 8.67. The topological polar surface area (TPSA) is 204 Å². The first-order valence-corrected chi connectivity index (χ1v) is 16.4. The molecule has 0 aliphatic carbocycles. The van der Waals surface area contributed by atoms with E-state index in [-0.39, 0.29) is 17.7 Å². The Morgan fingerprint density at radius 3 is 2.22 bits per heavy atom. The highest BCUT2D eigenvalue weighted by atomic mass is 16.6. The second-order valence-electron chi connectivity index (χ2n) is 13.2. The van der Waals surface area contributed by atoms with E-state index < -0.39 is 89.3 Å². The van der Waals surface area contributed by atoms with Gasteiger partial charge in [0.1, 0.15) is 17.6 Å². The maximum atomic E-state index is 13.8. The Morgan fingerprint density at radius 1 is 0.960 bits per heavy atom. The van der Waals surface area contributed by atoms with Crippen molar-refractivity contribution in [1.82, 2.24) is 5.32 Å². The highest BCUT2D eigenvalue weighted by molar-refractivity contribution is 6.01. The van der Waals surface area contributed by atoms with Crippen molar-refractivity contribution in [1.29, 1.82) is 0 Å². The van der Waals surface area contributed by atoms with Crippen molar-refractivity contribution in [3.8, 4) is 5.75 Å². The molecule has 14 heteroatoms. The molecular weight excluding hydrogens is 652 g/mol. The Kier molecular flexibility index (Phi) is 13.5. The molecule has 1 heterocycles. The summed E-state index contributed by atoms with van der Waals surface area (Å²) >= 11 is 0. The van der Waals surface area contributed by atoms with Gasteiger partial charge in [0.25, 0.3) is 5.91 Å². The smallest absolute Gasteiger partial charge is 0.348 e. The molecule has 1 aliphatic rings. The zero-order valence-corrected chi connectivity index (χ0v) is 29.2. The molecule has 272 valence electrons. The number of phenols is 1. The third-order valence-corrected chi connectivity index (χ3v) is 8.67. The number of carbonyl (C=O) groups is 6. The number of hydrogen-bond acceptors (Lipinski definition) is 12. The van der Waals surface area contributed by atoms with Crippen LogP contribution in [-0.2, 0) is 49.3 Å². The molecule has 0 aromatic heterocycles. The van der Waals surface area contributed by atoms with E-state index in [1.54, 1.807) is 41.5 Å². The summed E-state index contributed by atoms with van der Waals surface area (Å²) in [6, 6.07) is 11.3. The van der Waals surface area contributed by atoms with Crippen molar-refractivity contribution in [3.05, 3.63) is 59.7 Å². The summed E-state index contributed by atoms with van der Waals surface area (Å²) in [5, 5.41) is 25.6. The minimum Gasteiger partial charge on any atom is -0.505 e. The lowest BCUT2D eigenvalue weighted by Crippen LogP contribution is -2.53. The zero-order valence-electron chi connectivity index (χ0n) is 29.2. The molecule has 1 aliphatic heterocycles. The molecule has 2 amide bonds. The van der Waals surface area contributed by atoms with Crippen LogP contribution >= 0.6 is 0 Å². The molecule has 1 fully saturated rings. The number of anilines is 1. The van der Waals surface area contributed by atoms with E-state index in [1.807, 2.05) is 30.3 Å². The normalized spacial score (nSPS) is 19.6. The van der Waals surface area contributed by atoms with Crippen molar-refractivity contribution in [2.75, 3.05) is 5.32 Å². The number of aliphatic hydroxyl groups is 1. The fourth-order valence-electron chi connectivity index (χ4n) is 5.27. The summed E-state index contributed by atoms with van der Waals surface area (Å²) in [6.07, 6.45) is -5.41. The molecule has 2 aromatic rings. The first kappa shape index (κ1) is 39.5. The second kappa shape index (κ2) is 17.1. The molecule has 4 N–H and O–H groups in total. The fourth-order valence-corrected chi connectivity index (χ4v) is 5.27. The summed E-state index contributed by atoms with van der Waals surface area (Å²) in [5.41, 5.74) is -0.820. The molecular formula is C36H46N2O12. The average Bonchev–Trinajstić information content (AvgIpc) is 3.28. The van der Waals surface area contributed by atoms with Gasteiger partial charge in [0.15, 0.2) is 24.0 Å². The van der Waals surface area contributed by atoms with Crippen LogP contribution < -0.4 is 10.6 Å². The quantitative estimate of drug-likeness (QED) is 0.0865. The van der Waals surface area contributed by atoms with Crippen LogP contribution in [-0.4, -0.2) is 83.0 Å². The highest BCUT2D eigenvalue weighted by Crippen LogP contribution is 2.38. The number of esters is 4. The lowest BCUT2D eigenvalue weighted by Gasteiger charge is -2.30. The van der Waals surface area contributed by atoms with E-state index in [4.69, 9.17) is 18.9 Å². The van der Waals surface area contributed by atoms with Gasteiger partial charge >= 0.3 is 23.9 Å². The molecule has 0 radical (unpaired) electrons. The van der Waals surface area contributed by atoms with Crippen LogP contribution in [0.2, 0.25) is 0 Å². The Hall–Kier alpha value is -4.98. The van der Waals surface area contributed by atoms with Gasteiger partial charge in [-0.3, -0.25) is 14.4 Å². The van der Waals surface area contributed by atoms with E-state index in [9.17, 15) is 39.0 Å². The standard InChI is InChI=1S/C36H46N2O12/c1-8-20(4)27(40)33(44)47-21(5)26(38-31(42)23-15-12-16-24(28(23)41)37-18-39)32(43)49-29(19(2)3)34(45)50-30-25(48-35(46)36(30,6)7)17-22-13-10-9-11-14-22/h9-16,18-21,25-27,29-30,40-41H,8,17H2,1-7H3,(H,37,39)(H,38,42)/t20-,21+,25-,26-,27-,29-,30+/m0/s1. The van der Waals surface area contributed by atoms with Crippen LogP contribution in [0.25, 0.3) is 0 Å². The van der Waals surface area contributed by atoms with Gasteiger partial charge in [0.2, 0.25) is 12.5 Å². The van der Waals surface area contributed by atoms with E-state index >= 15 is 0 Å². The van der Waals surface area contributed by atoms with Gasteiger partial charge in [-0.1, -0.05) is 70.5 Å². The number of benzene rings is 2. The number of aromatic hydroxyl groups is 1. The third kappa shape index (κ3) is 9.37. The fraction of sp³-hybridized carbons (Fsp3) is 0.500. The van der Waals surface area contributed by atoms with Crippen LogP contribution in [0.3, 0.4) is 0 Å². The molecule has 1 saturated heterocycles. The molecule has 3 rings (SSSR count). The van der Waals surface area contributed by atoms with Crippen LogP contribution in [0.5, 0.6) is 5.75 Å². The largest absolute Gasteiger partial charge is 0.505 e. The maximum absolute atomic E-state index is 13.8. The number of ether oxygens (including phenoxy) is 4. The summed E-state index contributed by atoms with van der Waals surface area (Å²) in [4.78, 5) is 77.3. The second-order valence-corrected chi connectivity index (χ2v) is 13.2.